The van der Waals surface area contributed by atoms with E-state index in [1.54, 1.807) is 12.1 Å². The van der Waals surface area contributed by atoms with Crippen LogP contribution >= 0.6 is 12.4 Å². The summed E-state index contributed by atoms with van der Waals surface area (Å²) in [6.07, 6.45) is 2.96. The predicted molar refractivity (Wildman–Crippen MR) is 80.8 cm³/mol. The smallest absolute Gasteiger partial charge is 0.387 e. The zero-order chi connectivity index (χ0) is 14.8. The summed E-state index contributed by atoms with van der Waals surface area (Å²) in [7, 11) is 0. The topological polar surface area (TPSA) is 41.6 Å². The first-order valence-corrected chi connectivity index (χ1v) is 7.23. The van der Waals surface area contributed by atoms with Crippen LogP contribution in [0.5, 0.6) is 5.75 Å². The number of fused-ring (bicyclic) bond motifs is 2. The highest BCUT2D eigenvalue weighted by Crippen LogP contribution is 2.30. The molecule has 2 bridgehead atoms. The largest absolute Gasteiger partial charge is 0.435 e. The van der Waals surface area contributed by atoms with Crippen LogP contribution in [-0.2, 0) is 0 Å². The Morgan fingerprint density at radius 2 is 2.05 bits per heavy atom. The van der Waals surface area contributed by atoms with Crippen molar-refractivity contribution in [3.05, 3.63) is 29.8 Å². The number of carbonyl (C=O) groups is 1. The van der Waals surface area contributed by atoms with Gasteiger partial charge in [0.1, 0.15) is 5.75 Å². The normalized spacial score (nSPS) is 23.9. The van der Waals surface area contributed by atoms with Crippen molar-refractivity contribution < 1.29 is 18.3 Å². The van der Waals surface area contributed by atoms with E-state index in [0.717, 1.165) is 32.4 Å². The van der Waals surface area contributed by atoms with E-state index in [-0.39, 0.29) is 36.1 Å². The van der Waals surface area contributed by atoms with Crippen LogP contribution in [0.25, 0.3) is 0 Å². The highest BCUT2D eigenvalue weighted by atomic mass is 35.5. The van der Waals surface area contributed by atoms with Crippen LogP contribution in [0.1, 0.15) is 29.6 Å². The Labute approximate surface area is 134 Å². The van der Waals surface area contributed by atoms with Crippen molar-refractivity contribution >= 4 is 18.3 Å². The molecule has 2 saturated heterocycles. The number of ether oxygens (including phenoxy) is 1. The van der Waals surface area contributed by atoms with Crippen molar-refractivity contribution in [3.8, 4) is 5.75 Å². The Bertz CT molecular complexity index is 516. The highest BCUT2D eigenvalue weighted by Gasteiger charge is 2.38. The Kier molecular flexibility index (Phi) is 5.58. The van der Waals surface area contributed by atoms with E-state index in [4.69, 9.17) is 0 Å². The lowest BCUT2D eigenvalue weighted by Crippen LogP contribution is -2.42. The second-order valence-electron chi connectivity index (χ2n) is 5.50. The van der Waals surface area contributed by atoms with Gasteiger partial charge in [-0.2, -0.15) is 8.78 Å². The Balaban J connectivity index is 0.00000176. The molecular weight excluding hydrogens is 314 g/mol. The molecule has 0 aromatic heterocycles. The summed E-state index contributed by atoms with van der Waals surface area (Å²) >= 11 is 0. The lowest BCUT2D eigenvalue weighted by atomic mass is 10.1. The molecule has 2 aliphatic heterocycles. The molecule has 4 nitrogen and oxygen atoms in total. The van der Waals surface area contributed by atoms with Crippen LogP contribution in [-0.4, -0.2) is 42.6 Å². The third-order valence-corrected chi connectivity index (χ3v) is 4.19. The summed E-state index contributed by atoms with van der Waals surface area (Å²) in [4.78, 5) is 14.6. The number of hydrogen-bond acceptors (Lipinski definition) is 3. The van der Waals surface area contributed by atoms with Crippen LogP contribution in [0.4, 0.5) is 8.78 Å². The van der Waals surface area contributed by atoms with Gasteiger partial charge in [-0.15, -0.1) is 12.4 Å². The van der Waals surface area contributed by atoms with Crippen LogP contribution in [0.3, 0.4) is 0 Å². The zero-order valence-corrected chi connectivity index (χ0v) is 12.8. The number of carbonyl (C=O) groups excluding carboxylic acids is 1. The molecule has 0 radical (unpaired) electrons. The molecule has 22 heavy (non-hydrogen) atoms. The molecule has 2 fully saturated rings. The van der Waals surface area contributed by atoms with Gasteiger partial charge in [-0.3, -0.25) is 4.79 Å². The molecule has 1 aromatic carbocycles. The molecule has 1 N–H and O–H groups in total. The Hall–Kier alpha value is -1.40. The molecule has 7 heteroatoms. The lowest BCUT2D eigenvalue weighted by molar-refractivity contribution is -0.0499. The van der Waals surface area contributed by atoms with Gasteiger partial charge in [0.15, 0.2) is 0 Å². The van der Waals surface area contributed by atoms with E-state index in [2.05, 4.69) is 10.1 Å². The fraction of sp³-hybridized carbons (Fsp3) is 0.533. The van der Waals surface area contributed by atoms with Crippen LogP contribution in [0.2, 0.25) is 0 Å². The maximum absolute atomic E-state index is 12.7. The molecule has 2 atom stereocenters. The number of hydrogen-bond donors (Lipinski definition) is 1. The molecule has 2 unspecified atom stereocenters. The van der Waals surface area contributed by atoms with Crippen LogP contribution in [0, 0.1) is 0 Å². The number of amides is 1. The van der Waals surface area contributed by atoms with Gasteiger partial charge < -0.3 is 15.0 Å². The van der Waals surface area contributed by atoms with Gasteiger partial charge in [-0.1, -0.05) is 6.07 Å². The molecule has 2 aliphatic rings. The maximum atomic E-state index is 12.7. The van der Waals surface area contributed by atoms with Gasteiger partial charge in [0.2, 0.25) is 0 Å². The Morgan fingerprint density at radius 3 is 2.82 bits per heavy atom. The van der Waals surface area contributed by atoms with Crippen molar-refractivity contribution in [2.75, 3.05) is 13.1 Å². The average Bonchev–Trinajstić information content (AvgIpc) is 2.71. The van der Waals surface area contributed by atoms with E-state index in [0.29, 0.717) is 5.56 Å². The number of nitrogens with zero attached hydrogens (tertiary/aromatic N) is 1. The van der Waals surface area contributed by atoms with Crippen molar-refractivity contribution in [1.82, 2.24) is 10.2 Å². The second-order valence-corrected chi connectivity index (χ2v) is 5.50. The van der Waals surface area contributed by atoms with Gasteiger partial charge in [0.05, 0.1) is 0 Å². The van der Waals surface area contributed by atoms with Gasteiger partial charge in [-0.05, 0) is 44.0 Å². The quantitative estimate of drug-likeness (QED) is 0.925. The fourth-order valence-electron chi connectivity index (χ4n) is 3.27. The number of rotatable bonds is 3. The van der Waals surface area contributed by atoms with Gasteiger partial charge >= 0.3 is 6.61 Å². The number of benzene rings is 1. The molecular formula is C15H19ClF2N2O2. The van der Waals surface area contributed by atoms with Crippen molar-refractivity contribution in [2.45, 2.75) is 38.0 Å². The van der Waals surface area contributed by atoms with Gasteiger partial charge in [-0.25, -0.2) is 0 Å². The van der Waals surface area contributed by atoms with Crippen molar-refractivity contribution in [1.29, 1.82) is 0 Å². The summed E-state index contributed by atoms with van der Waals surface area (Å²) in [5, 5.41) is 3.33. The molecule has 2 heterocycles. The monoisotopic (exact) mass is 332 g/mol. The summed E-state index contributed by atoms with van der Waals surface area (Å²) in [5.41, 5.74) is 0.409. The summed E-state index contributed by atoms with van der Waals surface area (Å²) < 4.78 is 28.9. The standard InChI is InChI=1S/C15H18F2N2O2.ClH/c16-15(17)21-13-3-1-2-10(8-13)14(20)19-11-4-5-12(19)9-18-7-6-11;/h1-3,8,11-12,15,18H,4-7,9H2;1H. The zero-order valence-electron chi connectivity index (χ0n) is 12.0. The second kappa shape index (κ2) is 7.24. The summed E-state index contributed by atoms with van der Waals surface area (Å²) in [5.74, 6) is -0.0675. The number of halogens is 3. The first-order valence-electron chi connectivity index (χ1n) is 7.23. The van der Waals surface area contributed by atoms with E-state index in [9.17, 15) is 13.6 Å². The maximum Gasteiger partial charge on any atom is 0.387 e. The number of alkyl halides is 2. The molecule has 0 spiro atoms. The minimum absolute atomic E-state index is 0. The van der Waals surface area contributed by atoms with Crippen LogP contribution in [0.15, 0.2) is 24.3 Å². The average molecular weight is 333 g/mol. The third-order valence-electron chi connectivity index (χ3n) is 4.19. The first kappa shape index (κ1) is 17.0. The van der Waals surface area contributed by atoms with E-state index in [1.807, 2.05) is 4.90 Å². The van der Waals surface area contributed by atoms with Gasteiger partial charge in [0.25, 0.3) is 5.91 Å². The van der Waals surface area contributed by atoms with E-state index >= 15 is 0 Å². The molecule has 3 rings (SSSR count). The highest BCUT2D eigenvalue weighted by molar-refractivity contribution is 5.95. The molecule has 122 valence electrons. The minimum Gasteiger partial charge on any atom is -0.435 e. The lowest BCUT2D eigenvalue weighted by Gasteiger charge is -2.28. The minimum atomic E-state index is -2.88. The molecule has 1 amide bonds. The summed E-state index contributed by atoms with van der Waals surface area (Å²) in [6.45, 7) is -1.16. The van der Waals surface area contributed by atoms with E-state index < -0.39 is 6.61 Å². The van der Waals surface area contributed by atoms with Crippen LogP contribution < -0.4 is 10.1 Å². The van der Waals surface area contributed by atoms with Crippen molar-refractivity contribution in [3.63, 3.8) is 0 Å². The first-order chi connectivity index (χ1) is 10.1. The predicted octanol–water partition coefficient (Wildman–Crippen LogP) is 2.68. The molecule has 0 saturated carbocycles. The Morgan fingerprint density at radius 1 is 1.27 bits per heavy atom. The van der Waals surface area contributed by atoms with Crippen molar-refractivity contribution in [2.24, 2.45) is 0 Å². The SMILES string of the molecule is Cl.O=C(c1cccc(OC(F)F)c1)N1C2CCNCC1CC2. The fourth-order valence-corrected chi connectivity index (χ4v) is 3.27. The van der Waals surface area contributed by atoms with E-state index in [1.165, 1.54) is 12.1 Å². The molecule has 0 aliphatic carbocycles. The molecule has 1 aromatic rings. The van der Waals surface area contributed by atoms with Gasteiger partial charge in [0, 0.05) is 24.2 Å². The summed E-state index contributed by atoms with van der Waals surface area (Å²) in [6, 6.07) is 6.50. The number of nitrogens with one attached hydrogen (secondary N) is 1. The third kappa shape index (κ3) is 3.50.